The normalized spacial score (nSPS) is 14.6. The number of anilines is 1. The van der Waals surface area contributed by atoms with Crippen LogP contribution in [0.1, 0.15) is 25.1 Å². The van der Waals surface area contributed by atoms with Crippen LogP contribution in [0.25, 0.3) is 21.9 Å². The zero-order valence-electron chi connectivity index (χ0n) is 15.9. The van der Waals surface area contributed by atoms with Gasteiger partial charge in [0.15, 0.2) is 5.82 Å². The van der Waals surface area contributed by atoms with E-state index in [-0.39, 0.29) is 5.91 Å². The number of carbonyl (C=O) groups excluding carboxylic acids is 1. The summed E-state index contributed by atoms with van der Waals surface area (Å²) in [4.78, 5) is 23.2. The Kier molecular flexibility index (Phi) is 5.50. The first-order valence-electron chi connectivity index (χ1n) is 9.59. The van der Waals surface area contributed by atoms with Gasteiger partial charge in [0.1, 0.15) is 11.3 Å². The highest BCUT2D eigenvalue weighted by molar-refractivity contribution is 9.10. The van der Waals surface area contributed by atoms with Crippen LogP contribution in [0.3, 0.4) is 0 Å². The van der Waals surface area contributed by atoms with Crippen LogP contribution in [0.15, 0.2) is 22.7 Å². The number of rotatable bonds is 7. The molecule has 3 aromatic rings. The van der Waals surface area contributed by atoms with E-state index in [4.69, 9.17) is 15.5 Å². The van der Waals surface area contributed by atoms with Crippen LogP contribution in [0, 0.1) is 0 Å². The van der Waals surface area contributed by atoms with Gasteiger partial charge in [-0.15, -0.1) is 0 Å². The number of pyridine rings is 1. The lowest BCUT2D eigenvalue weighted by Gasteiger charge is -2.16. The van der Waals surface area contributed by atoms with E-state index in [0.717, 1.165) is 64.7 Å². The van der Waals surface area contributed by atoms with Crippen molar-refractivity contribution in [3.05, 3.63) is 28.5 Å². The molecule has 0 spiro atoms. The molecule has 1 fully saturated rings. The highest BCUT2D eigenvalue weighted by atomic mass is 79.9. The molecule has 28 heavy (non-hydrogen) atoms. The summed E-state index contributed by atoms with van der Waals surface area (Å²) in [6, 6.07) is 6.03. The summed E-state index contributed by atoms with van der Waals surface area (Å²) in [5.74, 6) is 1.64. The van der Waals surface area contributed by atoms with E-state index in [9.17, 15) is 4.79 Å². The molecular weight excluding hydrogens is 422 g/mol. The molecule has 8 heteroatoms. The maximum Gasteiger partial charge on any atom is 0.222 e. The average molecular weight is 446 g/mol. The van der Waals surface area contributed by atoms with Gasteiger partial charge in [0.05, 0.1) is 17.6 Å². The minimum absolute atomic E-state index is 0.263. The Bertz CT molecular complexity index is 1030. The fourth-order valence-electron chi connectivity index (χ4n) is 3.92. The molecular formula is C20H24BrN5O2. The van der Waals surface area contributed by atoms with Gasteiger partial charge in [0.25, 0.3) is 0 Å². The van der Waals surface area contributed by atoms with Crippen molar-refractivity contribution in [3.8, 4) is 0 Å². The van der Waals surface area contributed by atoms with E-state index in [1.54, 1.807) is 7.11 Å². The monoisotopic (exact) mass is 445 g/mol. The fraction of sp³-hybridized carbons (Fsp3) is 0.450. The van der Waals surface area contributed by atoms with E-state index in [1.807, 2.05) is 17.0 Å². The maximum absolute atomic E-state index is 11.9. The maximum atomic E-state index is 11.9. The van der Waals surface area contributed by atoms with Gasteiger partial charge in [-0.05, 0) is 31.0 Å². The quantitative estimate of drug-likeness (QED) is 0.603. The van der Waals surface area contributed by atoms with E-state index in [2.05, 4.69) is 31.5 Å². The van der Waals surface area contributed by atoms with Gasteiger partial charge in [-0.2, -0.15) is 0 Å². The summed E-state index contributed by atoms with van der Waals surface area (Å²) >= 11 is 3.51. The lowest BCUT2D eigenvalue weighted by atomic mass is 10.2. The number of aromatic nitrogens is 3. The second-order valence-electron chi connectivity index (χ2n) is 7.12. The second kappa shape index (κ2) is 8.05. The van der Waals surface area contributed by atoms with Crippen molar-refractivity contribution >= 4 is 49.6 Å². The van der Waals surface area contributed by atoms with Crippen LogP contribution in [-0.2, 0) is 22.5 Å². The number of aryl methyl sites for hydroxylation is 1. The van der Waals surface area contributed by atoms with Gasteiger partial charge in [-0.3, -0.25) is 4.79 Å². The zero-order valence-corrected chi connectivity index (χ0v) is 17.5. The van der Waals surface area contributed by atoms with Crippen molar-refractivity contribution in [1.29, 1.82) is 0 Å². The third kappa shape index (κ3) is 3.58. The fourth-order valence-corrected chi connectivity index (χ4v) is 4.27. The Hall–Kier alpha value is -2.19. The predicted molar refractivity (Wildman–Crippen MR) is 113 cm³/mol. The molecule has 0 atom stereocenters. The second-order valence-corrected chi connectivity index (χ2v) is 8.03. The van der Waals surface area contributed by atoms with E-state index >= 15 is 0 Å². The number of nitrogens with two attached hydrogens (primary N) is 1. The van der Waals surface area contributed by atoms with Gasteiger partial charge in [0, 0.05) is 49.4 Å². The molecule has 1 saturated heterocycles. The standard InChI is InChI=1S/C20H24BrN5O2/c1-28-11-7-16-24-18-19(14-6-5-13(21)12-15(14)23-20(18)22)26(16)10-3-9-25-8-2-4-17(25)27/h5-6,12H,2-4,7-11H2,1H3,(H2,22,23). The molecule has 2 N–H and O–H groups in total. The van der Waals surface area contributed by atoms with E-state index < -0.39 is 0 Å². The van der Waals surface area contributed by atoms with Crippen LogP contribution < -0.4 is 5.73 Å². The van der Waals surface area contributed by atoms with Gasteiger partial charge in [-0.25, -0.2) is 9.97 Å². The average Bonchev–Trinajstić information content (AvgIpc) is 3.24. The summed E-state index contributed by atoms with van der Waals surface area (Å²) < 4.78 is 8.46. The summed E-state index contributed by atoms with van der Waals surface area (Å²) in [5.41, 5.74) is 8.83. The van der Waals surface area contributed by atoms with E-state index in [1.165, 1.54) is 0 Å². The van der Waals surface area contributed by atoms with Crippen molar-refractivity contribution in [2.75, 3.05) is 32.5 Å². The summed E-state index contributed by atoms with van der Waals surface area (Å²) in [5, 5.41) is 1.03. The number of halogens is 1. The zero-order chi connectivity index (χ0) is 19.7. The largest absolute Gasteiger partial charge is 0.384 e. The van der Waals surface area contributed by atoms with Crippen molar-refractivity contribution in [2.45, 2.75) is 32.2 Å². The van der Waals surface area contributed by atoms with Crippen molar-refractivity contribution < 1.29 is 9.53 Å². The molecule has 0 unspecified atom stereocenters. The lowest BCUT2D eigenvalue weighted by Crippen LogP contribution is -2.26. The number of hydrogen-bond donors (Lipinski definition) is 1. The highest BCUT2D eigenvalue weighted by Crippen LogP contribution is 2.31. The molecule has 1 amide bonds. The summed E-state index contributed by atoms with van der Waals surface area (Å²) in [6.45, 7) is 3.00. The number of amides is 1. The molecule has 2 aromatic heterocycles. The van der Waals surface area contributed by atoms with Gasteiger partial charge in [0.2, 0.25) is 5.91 Å². The topological polar surface area (TPSA) is 86.3 Å². The van der Waals surface area contributed by atoms with Crippen LogP contribution in [0.2, 0.25) is 0 Å². The molecule has 0 saturated carbocycles. The number of likely N-dealkylation sites (tertiary alicyclic amines) is 1. The van der Waals surface area contributed by atoms with Crippen LogP contribution in [0.5, 0.6) is 0 Å². The van der Waals surface area contributed by atoms with Crippen molar-refractivity contribution in [1.82, 2.24) is 19.4 Å². The first-order chi connectivity index (χ1) is 13.6. The number of imidazole rings is 1. The number of methoxy groups -OCH3 is 1. The van der Waals surface area contributed by atoms with Crippen LogP contribution in [-0.4, -0.2) is 52.1 Å². The van der Waals surface area contributed by atoms with Crippen molar-refractivity contribution in [3.63, 3.8) is 0 Å². The van der Waals surface area contributed by atoms with E-state index in [0.29, 0.717) is 25.3 Å². The number of benzene rings is 1. The first kappa shape index (κ1) is 19.1. The molecule has 0 bridgehead atoms. The third-order valence-corrected chi connectivity index (χ3v) is 5.75. The minimum atomic E-state index is 0.263. The molecule has 0 radical (unpaired) electrons. The van der Waals surface area contributed by atoms with Crippen LogP contribution >= 0.6 is 15.9 Å². The number of hydrogen-bond acceptors (Lipinski definition) is 5. The molecule has 1 aliphatic heterocycles. The number of nitrogens with zero attached hydrogens (tertiary/aromatic N) is 4. The summed E-state index contributed by atoms with van der Waals surface area (Å²) in [6.07, 6.45) is 3.21. The minimum Gasteiger partial charge on any atom is -0.384 e. The molecule has 148 valence electrons. The Balaban J connectivity index is 1.74. The molecule has 1 aliphatic rings. The number of carbonyl (C=O) groups is 1. The number of fused-ring (bicyclic) bond motifs is 3. The number of ether oxygens (including phenoxy) is 1. The van der Waals surface area contributed by atoms with Crippen LogP contribution in [0.4, 0.5) is 5.82 Å². The van der Waals surface area contributed by atoms with Gasteiger partial charge in [-0.1, -0.05) is 15.9 Å². The Morgan fingerprint density at radius 1 is 1.29 bits per heavy atom. The smallest absolute Gasteiger partial charge is 0.222 e. The molecule has 1 aromatic carbocycles. The molecule has 3 heterocycles. The van der Waals surface area contributed by atoms with Crippen molar-refractivity contribution in [2.24, 2.45) is 0 Å². The highest BCUT2D eigenvalue weighted by Gasteiger charge is 2.21. The third-order valence-electron chi connectivity index (χ3n) is 5.26. The SMILES string of the molecule is COCCc1nc2c(N)nc3cc(Br)ccc3c2n1CCCN1CCCC1=O. The van der Waals surface area contributed by atoms with Gasteiger partial charge < -0.3 is 19.9 Å². The predicted octanol–water partition coefficient (Wildman–Crippen LogP) is 3.13. The number of nitrogen functional groups attached to an aromatic ring is 1. The molecule has 4 rings (SSSR count). The Morgan fingerprint density at radius 3 is 2.89 bits per heavy atom. The Labute approximate surface area is 172 Å². The lowest BCUT2D eigenvalue weighted by molar-refractivity contribution is -0.127. The molecule has 7 nitrogen and oxygen atoms in total. The molecule has 0 aliphatic carbocycles. The first-order valence-corrected chi connectivity index (χ1v) is 10.4. The summed E-state index contributed by atoms with van der Waals surface area (Å²) in [7, 11) is 1.69. The Morgan fingerprint density at radius 2 is 2.14 bits per heavy atom. The van der Waals surface area contributed by atoms with Gasteiger partial charge >= 0.3 is 0 Å².